The van der Waals surface area contributed by atoms with Crippen LogP contribution in [0.2, 0.25) is 10.0 Å². The Morgan fingerprint density at radius 1 is 1.00 bits per heavy atom. The van der Waals surface area contributed by atoms with E-state index < -0.39 is 16.3 Å². The molecule has 0 N–H and O–H groups in total. The van der Waals surface area contributed by atoms with E-state index in [0.717, 1.165) is 6.07 Å². The maximum absolute atomic E-state index is 13.2. The van der Waals surface area contributed by atoms with Crippen molar-refractivity contribution in [1.82, 2.24) is 0 Å². The quantitative estimate of drug-likeness (QED) is 0.216. The number of non-ortho nitro benzene ring substituents is 1. The molecule has 1 aromatic heterocycles. The van der Waals surface area contributed by atoms with Crippen LogP contribution in [0.4, 0.5) is 5.69 Å². The Morgan fingerprint density at radius 2 is 1.74 bits per heavy atom. The first-order chi connectivity index (χ1) is 14.8. The molecule has 0 radical (unpaired) electrons. The fourth-order valence-corrected chi connectivity index (χ4v) is 3.51. The summed E-state index contributed by atoms with van der Waals surface area (Å²) >= 11 is 12.2. The maximum atomic E-state index is 13.2. The molecule has 0 aliphatic heterocycles. The first kappa shape index (κ1) is 20.6. The van der Waals surface area contributed by atoms with Crippen molar-refractivity contribution < 1.29 is 18.9 Å². The van der Waals surface area contributed by atoms with Gasteiger partial charge in [-0.2, -0.15) is 0 Å². The molecular weight excluding hydrogens is 445 g/mol. The van der Waals surface area contributed by atoms with E-state index in [-0.39, 0.29) is 43.8 Å². The summed E-state index contributed by atoms with van der Waals surface area (Å²) in [4.78, 5) is 36.3. The molecule has 0 aliphatic rings. The fourth-order valence-electron chi connectivity index (χ4n) is 2.98. The van der Waals surface area contributed by atoms with Crippen LogP contribution in [0.15, 0.2) is 75.9 Å². The number of halogens is 2. The Balaban J connectivity index is 1.91. The zero-order valence-corrected chi connectivity index (χ0v) is 17.0. The average molecular weight is 456 g/mol. The molecule has 31 heavy (non-hydrogen) atoms. The number of hydrogen-bond donors (Lipinski definition) is 0. The lowest BCUT2D eigenvalue weighted by atomic mass is 10.1. The van der Waals surface area contributed by atoms with Crippen LogP contribution < -0.4 is 10.2 Å². The van der Waals surface area contributed by atoms with Gasteiger partial charge in [-0.3, -0.25) is 14.9 Å². The predicted molar refractivity (Wildman–Crippen MR) is 116 cm³/mol. The van der Waals surface area contributed by atoms with Gasteiger partial charge in [0.25, 0.3) is 5.69 Å². The van der Waals surface area contributed by atoms with Gasteiger partial charge in [0.15, 0.2) is 11.3 Å². The maximum Gasteiger partial charge on any atom is 0.344 e. The highest BCUT2D eigenvalue weighted by Crippen LogP contribution is 2.35. The lowest BCUT2D eigenvalue weighted by molar-refractivity contribution is -0.384. The van der Waals surface area contributed by atoms with Crippen LogP contribution in [-0.2, 0) is 0 Å². The molecule has 0 amide bonds. The summed E-state index contributed by atoms with van der Waals surface area (Å²) < 4.78 is 11.3. The van der Waals surface area contributed by atoms with Crippen LogP contribution in [0.3, 0.4) is 0 Å². The highest BCUT2D eigenvalue weighted by molar-refractivity contribution is 6.38. The van der Waals surface area contributed by atoms with Gasteiger partial charge in [-0.1, -0.05) is 59.6 Å². The Hall–Kier alpha value is -3.68. The monoisotopic (exact) mass is 455 g/mol. The molecule has 0 spiro atoms. The molecule has 0 fully saturated rings. The zero-order valence-electron chi connectivity index (χ0n) is 15.5. The predicted octanol–water partition coefficient (Wildman–Crippen LogP) is 5.89. The van der Waals surface area contributed by atoms with Gasteiger partial charge in [0, 0.05) is 22.7 Å². The number of nitro benzene ring substituents is 1. The van der Waals surface area contributed by atoms with E-state index in [0.29, 0.717) is 5.56 Å². The molecule has 4 rings (SSSR count). The lowest BCUT2D eigenvalue weighted by Crippen LogP contribution is -2.16. The number of nitrogens with zero attached hydrogens (tertiary/aromatic N) is 1. The number of hydrogen-bond acceptors (Lipinski definition) is 6. The van der Waals surface area contributed by atoms with Gasteiger partial charge in [-0.05, 0) is 18.2 Å². The summed E-state index contributed by atoms with van der Waals surface area (Å²) in [6.45, 7) is 0. The van der Waals surface area contributed by atoms with Crippen molar-refractivity contribution in [3.63, 3.8) is 0 Å². The Morgan fingerprint density at radius 3 is 2.45 bits per heavy atom. The van der Waals surface area contributed by atoms with Crippen molar-refractivity contribution in [3.8, 4) is 17.1 Å². The second kappa shape index (κ2) is 8.22. The van der Waals surface area contributed by atoms with Gasteiger partial charge in [-0.25, -0.2) is 4.79 Å². The molecule has 3 aromatic carbocycles. The number of nitro groups is 1. The van der Waals surface area contributed by atoms with Crippen LogP contribution in [0.5, 0.6) is 5.75 Å². The van der Waals surface area contributed by atoms with Gasteiger partial charge >= 0.3 is 5.97 Å². The van der Waals surface area contributed by atoms with E-state index in [1.54, 1.807) is 30.3 Å². The first-order valence-corrected chi connectivity index (χ1v) is 9.58. The molecule has 154 valence electrons. The minimum absolute atomic E-state index is 0.0129. The summed E-state index contributed by atoms with van der Waals surface area (Å²) in [5.74, 6) is -1.35. The van der Waals surface area contributed by atoms with Crippen LogP contribution in [0.1, 0.15) is 10.4 Å². The van der Waals surface area contributed by atoms with Gasteiger partial charge in [0.2, 0.25) is 11.2 Å². The highest BCUT2D eigenvalue weighted by Gasteiger charge is 2.23. The molecule has 1 heterocycles. The average Bonchev–Trinajstić information content (AvgIpc) is 2.76. The third-order valence-electron chi connectivity index (χ3n) is 4.39. The minimum atomic E-state index is -0.958. The molecule has 4 aromatic rings. The molecule has 0 aliphatic carbocycles. The van der Waals surface area contributed by atoms with E-state index >= 15 is 0 Å². The van der Waals surface area contributed by atoms with E-state index in [9.17, 15) is 19.7 Å². The van der Waals surface area contributed by atoms with Crippen LogP contribution in [0.25, 0.3) is 22.3 Å². The SMILES string of the molecule is O=C(Oc1c(-c2ccccc2)oc2c(Cl)cc(Cl)cc2c1=O)c1cccc([N+](=O)[O-])c1. The van der Waals surface area contributed by atoms with Crippen molar-refractivity contribution in [3.05, 3.63) is 103 Å². The van der Waals surface area contributed by atoms with E-state index in [4.69, 9.17) is 32.4 Å². The zero-order chi connectivity index (χ0) is 22.1. The molecule has 0 saturated carbocycles. The third-order valence-corrected chi connectivity index (χ3v) is 4.89. The van der Waals surface area contributed by atoms with Crippen LogP contribution in [-0.4, -0.2) is 10.9 Å². The van der Waals surface area contributed by atoms with Crippen molar-refractivity contribution >= 4 is 45.8 Å². The summed E-state index contributed by atoms with van der Waals surface area (Å²) in [5.41, 5.74) is -0.499. The number of carbonyl (C=O) groups is 1. The fraction of sp³-hybridized carbons (Fsp3) is 0. The van der Waals surface area contributed by atoms with Gasteiger partial charge < -0.3 is 9.15 Å². The van der Waals surface area contributed by atoms with E-state index in [1.807, 2.05) is 0 Å². The highest BCUT2D eigenvalue weighted by atomic mass is 35.5. The molecular formula is C22H11Cl2NO6. The smallest absolute Gasteiger partial charge is 0.344 e. The normalized spacial score (nSPS) is 10.8. The molecule has 9 heteroatoms. The molecule has 0 saturated heterocycles. The second-order valence-corrected chi connectivity index (χ2v) is 7.26. The lowest BCUT2D eigenvalue weighted by Gasteiger charge is -2.11. The van der Waals surface area contributed by atoms with Crippen molar-refractivity contribution in [2.75, 3.05) is 0 Å². The van der Waals surface area contributed by atoms with Crippen molar-refractivity contribution in [1.29, 1.82) is 0 Å². The van der Waals surface area contributed by atoms with Gasteiger partial charge in [-0.15, -0.1) is 0 Å². The number of ether oxygens (including phenoxy) is 1. The standard InChI is InChI=1S/C22H11Cl2NO6/c23-14-10-16-18(26)21(31-22(27)13-7-4-8-15(9-13)25(28)29)19(12-5-2-1-3-6-12)30-20(16)17(24)11-14/h1-11H. The van der Waals surface area contributed by atoms with E-state index in [1.165, 1.54) is 30.3 Å². The Bertz CT molecular complexity index is 1400. The Kier molecular flexibility index (Phi) is 5.46. The topological polar surface area (TPSA) is 99.7 Å². The second-order valence-electron chi connectivity index (χ2n) is 6.42. The molecule has 0 unspecified atom stereocenters. The van der Waals surface area contributed by atoms with Gasteiger partial charge in [0.05, 0.1) is 20.9 Å². The van der Waals surface area contributed by atoms with E-state index in [2.05, 4.69) is 0 Å². The number of benzene rings is 3. The minimum Gasteiger partial charge on any atom is -0.450 e. The van der Waals surface area contributed by atoms with Crippen molar-refractivity contribution in [2.45, 2.75) is 0 Å². The number of fused-ring (bicyclic) bond motifs is 1. The summed E-state index contributed by atoms with van der Waals surface area (Å²) in [5, 5.41) is 11.3. The number of rotatable bonds is 4. The first-order valence-electron chi connectivity index (χ1n) is 8.83. The molecule has 0 bridgehead atoms. The summed E-state index contributed by atoms with van der Waals surface area (Å²) in [6.07, 6.45) is 0. The van der Waals surface area contributed by atoms with Crippen LogP contribution in [0, 0.1) is 10.1 Å². The number of esters is 1. The third kappa shape index (κ3) is 4.01. The summed E-state index contributed by atoms with van der Waals surface area (Å²) in [6, 6.07) is 16.3. The van der Waals surface area contributed by atoms with Crippen LogP contribution >= 0.6 is 23.2 Å². The largest absolute Gasteiger partial charge is 0.450 e. The molecule has 0 atom stereocenters. The number of carbonyl (C=O) groups excluding carboxylic acids is 1. The van der Waals surface area contributed by atoms with Crippen molar-refractivity contribution in [2.24, 2.45) is 0 Å². The van der Waals surface area contributed by atoms with Gasteiger partial charge in [0.1, 0.15) is 0 Å². The summed E-state index contributed by atoms with van der Waals surface area (Å²) in [7, 11) is 0. The molecule has 7 nitrogen and oxygen atoms in total. The Labute approximate surface area is 184 Å².